The van der Waals surface area contributed by atoms with E-state index in [1.807, 2.05) is 0 Å². The minimum Gasteiger partial charge on any atom is -0.466 e. The van der Waals surface area contributed by atoms with Crippen LogP contribution in [0.3, 0.4) is 0 Å². The van der Waals surface area contributed by atoms with Crippen molar-refractivity contribution < 1.29 is 19.1 Å². The Kier molecular flexibility index (Phi) is 24.8. The molecule has 0 saturated carbocycles. The van der Waals surface area contributed by atoms with Crippen molar-refractivity contribution in [1.29, 1.82) is 0 Å². The maximum atomic E-state index is 12.1. The molecule has 214 valence electrons. The Bertz CT molecular complexity index is 500. The van der Waals surface area contributed by atoms with Gasteiger partial charge in [-0.2, -0.15) is 0 Å². The molecule has 0 amide bonds. The Labute approximate surface area is 225 Å². The first-order valence-electron chi connectivity index (χ1n) is 15.7. The van der Waals surface area contributed by atoms with Gasteiger partial charge in [-0.15, -0.1) is 0 Å². The fraction of sp³-hybridized carbons (Fsp3) is 0.938. The summed E-state index contributed by atoms with van der Waals surface area (Å²) in [4.78, 5) is 23.8. The van der Waals surface area contributed by atoms with Gasteiger partial charge >= 0.3 is 11.9 Å². The van der Waals surface area contributed by atoms with Gasteiger partial charge in [0.25, 0.3) is 0 Å². The topological polar surface area (TPSA) is 52.6 Å². The van der Waals surface area contributed by atoms with E-state index in [4.69, 9.17) is 9.47 Å². The molecule has 36 heavy (non-hydrogen) atoms. The second-order valence-electron chi connectivity index (χ2n) is 11.8. The number of unbranched alkanes of at least 4 members (excludes halogenated alkanes) is 11. The third-order valence-corrected chi connectivity index (χ3v) is 7.15. The van der Waals surface area contributed by atoms with Crippen LogP contribution < -0.4 is 0 Å². The molecule has 1 atom stereocenters. The number of carbonyl (C=O) groups is 2. The minimum atomic E-state index is -0.0150. The lowest BCUT2D eigenvalue weighted by Gasteiger charge is -2.14. The largest absolute Gasteiger partial charge is 0.466 e. The SMILES string of the molecule is CCC(CCCCCCCCCCCCC(=O)OCCCCC(C)C)CC(=O)OCCCCC(C)C. The molecule has 0 saturated heterocycles. The summed E-state index contributed by atoms with van der Waals surface area (Å²) in [6.07, 6.45) is 22.5. The van der Waals surface area contributed by atoms with Crippen LogP contribution in [0.4, 0.5) is 0 Å². The summed E-state index contributed by atoms with van der Waals surface area (Å²) in [5.41, 5.74) is 0. The van der Waals surface area contributed by atoms with Crippen molar-refractivity contribution in [3.8, 4) is 0 Å². The van der Waals surface area contributed by atoms with E-state index in [-0.39, 0.29) is 11.9 Å². The molecular weight excluding hydrogens is 448 g/mol. The molecule has 0 aliphatic rings. The number of rotatable bonds is 26. The lowest BCUT2D eigenvalue weighted by atomic mass is 9.95. The van der Waals surface area contributed by atoms with E-state index in [0.717, 1.165) is 63.2 Å². The summed E-state index contributed by atoms with van der Waals surface area (Å²) in [5, 5.41) is 0. The summed E-state index contributed by atoms with van der Waals surface area (Å²) >= 11 is 0. The molecule has 0 rings (SSSR count). The van der Waals surface area contributed by atoms with Gasteiger partial charge in [0.2, 0.25) is 0 Å². The maximum Gasteiger partial charge on any atom is 0.306 e. The van der Waals surface area contributed by atoms with Crippen molar-refractivity contribution in [2.45, 2.75) is 163 Å². The van der Waals surface area contributed by atoms with Crippen molar-refractivity contribution in [2.75, 3.05) is 13.2 Å². The van der Waals surface area contributed by atoms with Gasteiger partial charge in [0.05, 0.1) is 13.2 Å². The fourth-order valence-electron chi connectivity index (χ4n) is 4.62. The number of carbonyl (C=O) groups excluding carboxylic acids is 2. The van der Waals surface area contributed by atoms with Crippen LogP contribution in [0.1, 0.15) is 163 Å². The van der Waals surface area contributed by atoms with Crippen molar-refractivity contribution >= 4 is 11.9 Å². The third kappa shape index (κ3) is 26.0. The molecule has 0 radical (unpaired) electrons. The average Bonchev–Trinajstić information content (AvgIpc) is 2.83. The molecule has 0 N–H and O–H groups in total. The highest BCUT2D eigenvalue weighted by Crippen LogP contribution is 2.20. The van der Waals surface area contributed by atoms with Gasteiger partial charge < -0.3 is 9.47 Å². The van der Waals surface area contributed by atoms with Gasteiger partial charge in [-0.25, -0.2) is 0 Å². The second kappa shape index (κ2) is 25.6. The van der Waals surface area contributed by atoms with Gasteiger partial charge in [0, 0.05) is 12.8 Å². The zero-order chi connectivity index (χ0) is 26.9. The molecule has 4 heteroatoms. The molecule has 0 aliphatic carbocycles. The molecule has 0 fully saturated rings. The minimum absolute atomic E-state index is 0.000360. The first-order chi connectivity index (χ1) is 17.3. The Hall–Kier alpha value is -1.06. The zero-order valence-corrected chi connectivity index (χ0v) is 24.9. The predicted molar refractivity (Wildman–Crippen MR) is 153 cm³/mol. The molecule has 0 aromatic heterocycles. The molecule has 4 nitrogen and oxygen atoms in total. The van der Waals surface area contributed by atoms with E-state index in [1.165, 1.54) is 64.2 Å². The Morgan fingerprint density at radius 3 is 1.42 bits per heavy atom. The van der Waals surface area contributed by atoms with Crippen LogP contribution in [-0.2, 0) is 19.1 Å². The zero-order valence-electron chi connectivity index (χ0n) is 24.9. The molecular formula is C32H62O4. The summed E-state index contributed by atoms with van der Waals surface area (Å²) in [5.74, 6) is 1.93. The fourth-order valence-corrected chi connectivity index (χ4v) is 4.62. The van der Waals surface area contributed by atoms with E-state index in [0.29, 0.717) is 32.0 Å². The summed E-state index contributed by atoms with van der Waals surface area (Å²) in [7, 11) is 0. The van der Waals surface area contributed by atoms with Gasteiger partial charge in [-0.05, 0) is 56.3 Å². The quantitative estimate of drug-likeness (QED) is 0.0858. The standard InChI is InChI=1S/C32H62O4/c1-6-30(27-32(34)36-26-20-18-22-29(4)5)23-15-13-11-9-7-8-10-12-14-16-24-31(33)35-25-19-17-21-28(2)3/h28-30H,6-27H2,1-5H3. The van der Waals surface area contributed by atoms with Gasteiger partial charge in [-0.3, -0.25) is 9.59 Å². The highest BCUT2D eigenvalue weighted by molar-refractivity contribution is 5.69. The number of hydrogen-bond acceptors (Lipinski definition) is 4. The second-order valence-corrected chi connectivity index (χ2v) is 11.8. The summed E-state index contributed by atoms with van der Waals surface area (Å²) in [6, 6.07) is 0. The lowest BCUT2D eigenvalue weighted by molar-refractivity contribution is -0.145. The third-order valence-electron chi connectivity index (χ3n) is 7.15. The van der Waals surface area contributed by atoms with E-state index < -0.39 is 0 Å². The number of esters is 2. The number of hydrogen-bond donors (Lipinski definition) is 0. The van der Waals surface area contributed by atoms with Gasteiger partial charge in [-0.1, -0.05) is 112 Å². The maximum absolute atomic E-state index is 12.1. The van der Waals surface area contributed by atoms with Crippen molar-refractivity contribution in [2.24, 2.45) is 17.8 Å². The first-order valence-corrected chi connectivity index (χ1v) is 15.7. The monoisotopic (exact) mass is 510 g/mol. The normalized spacial score (nSPS) is 12.3. The Morgan fingerprint density at radius 1 is 0.528 bits per heavy atom. The van der Waals surface area contributed by atoms with Crippen molar-refractivity contribution in [1.82, 2.24) is 0 Å². The molecule has 0 aromatic rings. The smallest absolute Gasteiger partial charge is 0.306 e. The first kappa shape index (κ1) is 34.9. The molecule has 0 bridgehead atoms. The van der Waals surface area contributed by atoms with Crippen molar-refractivity contribution in [3.63, 3.8) is 0 Å². The molecule has 0 heterocycles. The van der Waals surface area contributed by atoms with E-state index in [2.05, 4.69) is 34.6 Å². The van der Waals surface area contributed by atoms with Crippen LogP contribution in [-0.4, -0.2) is 25.2 Å². The Balaban J connectivity index is 3.45. The summed E-state index contributed by atoms with van der Waals surface area (Å²) < 4.78 is 10.8. The van der Waals surface area contributed by atoms with Crippen LogP contribution >= 0.6 is 0 Å². The van der Waals surface area contributed by atoms with Crippen LogP contribution in [0.2, 0.25) is 0 Å². The number of ether oxygens (including phenoxy) is 2. The summed E-state index contributed by atoms with van der Waals surface area (Å²) in [6.45, 7) is 12.3. The highest BCUT2D eigenvalue weighted by Gasteiger charge is 2.13. The van der Waals surface area contributed by atoms with E-state index >= 15 is 0 Å². The molecule has 1 unspecified atom stereocenters. The van der Waals surface area contributed by atoms with Crippen LogP contribution in [0.25, 0.3) is 0 Å². The Morgan fingerprint density at radius 2 is 0.944 bits per heavy atom. The van der Waals surface area contributed by atoms with Crippen LogP contribution in [0, 0.1) is 17.8 Å². The predicted octanol–water partition coefficient (Wildman–Crippen LogP) is 9.82. The van der Waals surface area contributed by atoms with Crippen LogP contribution in [0.15, 0.2) is 0 Å². The van der Waals surface area contributed by atoms with Crippen molar-refractivity contribution in [3.05, 3.63) is 0 Å². The molecule has 0 aromatic carbocycles. The van der Waals surface area contributed by atoms with Gasteiger partial charge in [0.1, 0.15) is 0 Å². The average molecular weight is 511 g/mol. The van der Waals surface area contributed by atoms with E-state index in [1.54, 1.807) is 0 Å². The lowest BCUT2D eigenvalue weighted by Crippen LogP contribution is -2.12. The van der Waals surface area contributed by atoms with Gasteiger partial charge in [0.15, 0.2) is 0 Å². The van der Waals surface area contributed by atoms with Crippen LogP contribution in [0.5, 0.6) is 0 Å². The molecule has 0 aliphatic heterocycles. The molecule has 0 spiro atoms. The van der Waals surface area contributed by atoms with E-state index in [9.17, 15) is 9.59 Å². The highest BCUT2D eigenvalue weighted by atomic mass is 16.5.